The van der Waals surface area contributed by atoms with E-state index in [4.69, 9.17) is 71.4 Å². The minimum absolute atomic E-state index is 0.0143. The molecular formula is C76H122N8O21. The number of hydrogen-bond donors (Lipinski definition) is 6. The molecule has 29 nitrogen and oxygen atoms in total. The zero-order valence-electron chi connectivity index (χ0n) is 64.1. The Morgan fingerprint density at radius 2 is 1.33 bits per heavy atom. The van der Waals surface area contributed by atoms with Crippen molar-refractivity contribution in [1.29, 1.82) is 0 Å². The lowest BCUT2D eigenvalue weighted by molar-refractivity contribution is -0.340. The van der Waals surface area contributed by atoms with Gasteiger partial charge < -0.3 is 102 Å². The molecule has 6 N–H and O–H groups in total. The summed E-state index contributed by atoms with van der Waals surface area (Å²) in [7, 11) is 12.8. The number of aliphatic hydroxyl groups is 2. The molecule has 105 heavy (non-hydrogen) atoms. The summed E-state index contributed by atoms with van der Waals surface area (Å²) in [6.07, 6.45) is 11.0. The number of aromatic nitrogens is 4. The molecule has 29 heteroatoms. The van der Waals surface area contributed by atoms with Gasteiger partial charge in [-0.2, -0.15) is 0 Å². The van der Waals surface area contributed by atoms with Crippen molar-refractivity contribution in [2.75, 3.05) is 82.5 Å². The normalized spacial score (nSPS) is 39.0. The standard InChI is InChI=1S/C76H122N8O21/c1-44-68(97-32-19-15-17-21-58(85)78-30-18-14-13-16-22-59(86)79-39-52-65-71(81-42-80-52)84(43-82-65)72-67(91)66(90)56(103-72)40-83(7)31-20-23-60(87)88)53(92-8)35-63(99-44)104-70-46(3)101-64(37-55(70)94-10)105-69-45(2)100-62(36-54(69)93-9)102-48-24-27-73(4)51-34-57(95-11)74(5)49(47-33-61(89)98-41-47)26-29-76(74,96-12)50(51)25-28-75(73,38-48)77-6/h33,42-46,48-51,53-57,62-64,66-70,72,77,90-91H,13-32,34-41H2,1-12H3,(H,78,85)(H,79,86)(H,87,88)/t44-,45-,46-,48-,49-,50?,51+,53+,54+,55+,56-,57-,62+,63?,64?,66-,67-,68-,69-,70-,72-,73-,74+,75+,76+/m1/s1. The number of amides is 2. The summed E-state index contributed by atoms with van der Waals surface area (Å²) in [6, 6.07) is 0. The van der Waals surface area contributed by atoms with E-state index in [0.29, 0.717) is 99.9 Å². The van der Waals surface area contributed by atoms with E-state index < -0.39 is 73.3 Å². The van der Waals surface area contributed by atoms with Crippen LogP contribution in [0.5, 0.6) is 0 Å². The Bertz CT molecular complexity index is 3230. The third-order valence-corrected chi connectivity index (χ3v) is 25.9. The molecule has 8 fully saturated rings. The summed E-state index contributed by atoms with van der Waals surface area (Å²) in [5, 5.41) is 40.6. The smallest absolute Gasteiger partial charge is 0.331 e. The van der Waals surface area contributed by atoms with Crippen LogP contribution in [0.4, 0.5) is 0 Å². The van der Waals surface area contributed by atoms with E-state index >= 15 is 0 Å². The maximum Gasteiger partial charge on any atom is 0.331 e. The number of hydrogen-bond acceptors (Lipinski definition) is 25. The monoisotopic (exact) mass is 1480 g/mol. The van der Waals surface area contributed by atoms with Crippen molar-refractivity contribution in [1.82, 2.24) is 40.4 Å². The molecule has 0 radical (unpaired) electrons. The number of nitrogens with zero attached hydrogens (tertiary/aromatic N) is 5. The Morgan fingerprint density at radius 3 is 1.96 bits per heavy atom. The van der Waals surface area contributed by atoms with Gasteiger partial charge in [0, 0.05) is 111 Å². The zero-order chi connectivity index (χ0) is 75.0. The fourth-order valence-corrected chi connectivity index (χ4v) is 20.3. The first-order chi connectivity index (χ1) is 50.5. The van der Waals surface area contributed by atoms with Gasteiger partial charge in [0.15, 0.2) is 30.7 Å². The molecule has 0 spiro atoms. The van der Waals surface area contributed by atoms with Crippen LogP contribution in [-0.4, -0.2) is 261 Å². The van der Waals surface area contributed by atoms with Crippen molar-refractivity contribution in [3.05, 3.63) is 30.0 Å². The number of esters is 1. The van der Waals surface area contributed by atoms with Crippen LogP contribution in [0.25, 0.3) is 11.2 Å². The average Bonchev–Trinajstić information content (AvgIpc) is 1.61. The van der Waals surface area contributed by atoms with Crippen LogP contribution in [-0.2, 0) is 92.0 Å². The number of aliphatic carboxylic acids is 1. The van der Waals surface area contributed by atoms with Gasteiger partial charge in [-0.25, -0.2) is 19.7 Å². The molecule has 2 amide bonds. The van der Waals surface area contributed by atoms with Crippen LogP contribution >= 0.6 is 0 Å². The van der Waals surface area contributed by atoms with Gasteiger partial charge >= 0.3 is 11.9 Å². The highest BCUT2D eigenvalue weighted by molar-refractivity contribution is 5.85. The second-order valence-electron chi connectivity index (χ2n) is 31.7. The molecule has 592 valence electrons. The van der Waals surface area contributed by atoms with Crippen LogP contribution in [0.3, 0.4) is 0 Å². The third kappa shape index (κ3) is 17.5. The predicted molar refractivity (Wildman–Crippen MR) is 381 cm³/mol. The number of aliphatic hydroxyl groups excluding tert-OH is 2. The van der Waals surface area contributed by atoms with E-state index in [0.717, 1.165) is 95.5 Å². The number of fused-ring (bicyclic) bond motifs is 6. The Hall–Kier alpha value is -4.51. The molecule has 2 aromatic rings. The van der Waals surface area contributed by atoms with Gasteiger partial charge in [-0.1, -0.05) is 33.1 Å². The fraction of sp³-hybridized carbons (Fsp3) is 0.855. The number of nitrogens with one attached hydrogen (secondary N) is 3. The number of unbranched alkanes of at least 4 members (excludes halogenated alkanes) is 5. The molecule has 25 atom stereocenters. The van der Waals surface area contributed by atoms with E-state index in [-0.39, 0.29) is 108 Å². The van der Waals surface area contributed by atoms with Gasteiger partial charge in [-0.3, -0.25) is 19.0 Å². The van der Waals surface area contributed by atoms with Crippen LogP contribution < -0.4 is 16.0 Å². The molecule has 2 aromatic heterocycles. The topological polar surface area (TPSA) is 341 Å². The summed E-state index contributed by atoms with van der Waals surface area (Å²) < 4.78 is 91.5. The highest BCUT2D eigenvalue weighted by Crippen LogP contribution is 2.72. The molecule has 5 aliphatic heterocycles. The first-order valence-corrected chi connectivity index (χ1v) is 38.9. The number of ether oxygens (including phenoxy) is 14. The first-order valence-electron chi connectivity index (χ1n) is 38.9. The van der Waals surface area contributed by atoms with Crippen LogP contribution in [0.1, 0.15) is 188 Å². The lowest BCUT2D eigenvalue weighted by Crippen LogP contribution is -2.73. The van der Waals surface area contributed by atoms with Crippen LogP contribution in [0, 0.1) is 28.6 Å². The molecule has 9 aliphatic rings. The van der Waals surface area contributed by atoms with Gasteiger partial charge in [-0.05, 0) is 154 Å². The molecule has 4 saturated heterocycles. The lowest BCUT2D eigenvalue weighted by Gasteiger charge is -2.69. The largest absolute Gasteiger partial charge is 0.481 e. The minimum atomic E-state index is -1.26. The van der Waals surface area contributed by atoms with E-state index in [2.05, 4.69) is 51.8 Å². The second-order valence-corrected chi connectivity index (χ2v) is 31.7. The Labute approximate surface area is 618 Å². The van der Waals surface area contributed by atoms with Crippen molar-refractivity contribution in [2.45, 2.75) is 304 Å². The SMILES string of the molecule is CN[C@]12CCC3[C@H](C[C@@H](OC)[C@]4(C)[C@@H](C5=CC(=O)OC5)CC[C@]34OC)[C@@]1(C)CC[C@@H](O[C@H]1C[C@H](OC)[C@H](OC3C[C@H](OC)[C@H](OC4C[C@H](OC)[C@H](OCCCCCC(=O)NCCCCCCC(=O)NCc5ncnc6c5ncn6[C@@H]5O[C@H](CN(C)CCCC(=O)O)[C@@H](O)[C@H]5O)[C@@H](C)O4)[C@@H](C)O3)[C@@H](C)O1)C2. The van der Waals surface area contributed by atoms with Crippen molar-refractivity contribution in [2.24, 2.45) is 28.6 Å². The quantitative estimate of drug-likeness (QED) is 0.0246. The molecule has 11 rings (SSSR count). The van der Waals surface area contributed by atoms with Crippen LogP contribution in [0.2, 0.25) is 0 Å². The number of imidazole rings is 1. The first kappa shape index (κ1) is 81.5. The average molecular weight is 1480 g/mol. The molecular weight excluding hydrogens is 1360 g/mol. The molecule has 4 aliphatic carbocycles. The number of rotatable bonds is 36. The summed E-state index contributed by atoms with van der Waals surface area (Å²) in [4.78, 5) is 63.8. The maximum atomic E-state index is 12.8. The van der Waals surface area contributed by atoms with Gasteiger partial charge in [0.2, 0.25) is 11.8 Å². The van der Waals surface area contributed by atoms with Gasteiger partial charge in [-0.15, -0.1) is 0 Å². The van der Waals surface area contributed by atoms with E-state index in [1.807, 2.05) is 39.9 Å². The highest BCUT2D eigenvalue weighted by atomic mass is 16.7. The van der Waals surface area contributed by atoms with Crippen LogP contribution in [0.15, 0.2) is 24.3 Å². The molecule has 7 heterocycles. The lowest BCUT2D eigenvalue weighted by atomic mass is 9.40. The third-order valence-electron chi connectivity index (χ3n) is 25.9. The van der Waals surface area contributed by atoms with Crippen molar-refractivity contribution in [3.63, 3.8) is 0 Å². The van der Waals surface area contributed by atoms with E-state index in [1.54, 1.807) is 39.0 Å². The maximum absolute atomic E-state index is 12.8. The minimum Gasteiger partial charge on any atom is -0.481 e. The van der Waals surface area contributed by atoms with Gasteiger partial charge in [0.25, 0.3) is 0 Å². The molecule has 0 bridgehead atoms. The van der Waals surface area contributed by atoms with Crippen molar-refractivity contribution in [3.8, 4) is 0 Å². The number of carboxylic acids is 1. The van der Waals surface area contributed by atoms with E-state index in [1.165, 1.54) is 12.7 Å². The fourth-order valence-electron chi connectivity index (χ4n) is 20.3. The molecule has 0 aromatic carbocycles. The number of carbonyl (C=O) groups is 4. The summed E-state index contributed by atoms with van der Waals surface area (Å²) >= 11 is 0. The predicted octanol–water partition coefficient (Wildman–Crippen LogP) is 6.35. The van der Waals surface area contributed by atoms with Gasteiger partial charge in [0.1, 0.15) is 55.1 Å². The summed E-state index contributed by atoms with van der Waals surface area (Å²) in [6.45, 7) is 13.1. The molecule has 3 unspecified atom stereocenters. The number of likely N-dealkylation sites (N-methyl/N-ethyl adjacent to an activating group) is 1. The van der Waals surface area contributed by atoms with E-state index in [9.17, 15) is 29.4 Å². The number of methoxy groups -OCH3 is 5. The summed E-state index contributed by atoms with van der Waals surface area (Å²) in [5.74, 6) is -0.406. The van der Waals surface area contributed by atoms with Crippen molar-refractivity contribution >= 4 is 34.9 Å². The zero-order valence-corrected chi connectivity index (χ0v) is 64.1. The Balaban J connectivity index is 0.545. The van der Waals surface area contributed by atoms with Crippen molar-refractivity contribution < 1.29 is 101 Å². The Kier molecular flexibility index (Phi) is 28.0. The summed E-state index contributed by atoms with van der Waals surface area (Å²) in [5.41, 5.74) is 1.45. The molecule has 4 saturated carbocycles. The second kappa shape index (κ2) is 36.1. The number of cyclic esters (lactones) is 1. The highest BCUT2D eigenvalue weighted by Gasteiger charge is 2.74. The number of carbonyl (C=O) groups excluding carboxylic acids is 3. The van der Waals surface area contributed by atoms with Gasteiger partial charge in [0.05, 0.1) is 73.0 Å². The Morgan fingerprint density at radius 1 is 0.695 bits per heavy atom. The number of carboxylic acid groups (broad SMARTS) is 1.